The molecule has 0 fully saturated rings. The van der Waals surface area contributed by atoms with Gasteiger partial charge in [-0.3, -0.25) is 0 Å². The third-order valence-electron chi connectivity index (χ3n) is 2.15. The number of hydrogen-bond donors (Lipinski definition) is 2. The molecule has 0 saturated carbocycles. The van der Waals surface area contributed by atoms with Gasteiger partial charge >= 0.3 is 0 Å². The smallest absolute Gasteiger partial charge is 0.175 e. The van der Waals surface area contributed by atoms with E-state index in [2.05, 4.69) is 25.9 Å². The number of imidazole rings is 1. The first-order valence-corrected chi connectivity index (χ1v) is 6.06. The number of hydrogen-bond acceptors (Lipinski definition) is 2. The molecule has 2 rings (SSSR count). The lowest BCUT2D eigenvalue weighted by atomic mass is 10.1. The highest BCUT2D eigenvalue weighted by Crippen LogP contribution is 2.29. The van der Waals surface area contributed by atoms with Gasteiger partial charge in [-0.05, 0) is 28.1 Å². The van der Waals surface area contributed by atoms with Gasteiger partial charge in [-0.2, -0.15) is 0 Å². The van der Waals surface area contributed by atoms with Crippen LogP contribution in [0.4, 0.5) is 0 Å². The van der Waals surface area contributed by atoms with Crippen molar-refractivity contribution in [1.82, 2.24) is 9.97 Å². The summed E-state index contributed by atoms with van der Waals surface area (Å²) in [6.45, 7) is 0.383. The largest absolute Gasteiger partial charge is 0.335 e. The summed E-state index contributed by atoms with van der Waals surface area (Å²) in [4.78, 5) is 7.33. The van der Waals surface area contributed by atoms with Crippen LogP contribution in [0, 0.1) is 0 Å². The van der Waals surface area contributed by atoms with Crippen molar-refractivity contribution in [3.8, 4) is 11.3 Å². The molecule has 6 heteroatoms. The molecule has 1 aromatic carbocycles. The third-order valence-corrected chi connectivity index (χ3v) is 3.26. The molecule has 0 aliphatic carbocycles. The van der Waals surface area contributed by atoms with E-state index in [9.17, 15) is 0 Å². The second-order valence-electron chi connectivity index (χ2n) is 3.19. The van der Waals surface area contributed by atoms with E-state index < -0.39 is 0 Å². The second-order valence-corrected chi connectivity index (χ2v) is 4.75. The first kappa shape index (κ1) is 11.9. The zero-order valence-corrected chi connectivity index (χ0v) is 11.2. The zero-order valence-electron chi connectivity index (χ0n) is 8.10. The Morgan fingerprint density at radius 2 is 2.06 bits per heavy atom. The van der Waals surface area contributed by atoms with Gasteiger partial charge in [0.2, 0.25) is 0 Å². The maximum atomic E-state index is 5.95. The maximum absolute atomic E-state index is 5.95. The molecular weight excluding hydrogens is 313 g/mol. The number of halogens is 3. The Kier molecular flexibility index (Phi) is 3.54. The van der Waals surface area contributed by atoms with Crippen LogP contribution in [0.1, 0.15) is 5.69 Å². The third kappa shape index (κ3) is 2.25. The van der Waals surface area contributed by atoms with Crippen LogP contribution in [0.5, 0.6) is 0 Å². The fraction of sp³-hybridized carbons (Fsp3) is 0.100. The number of rotatable bonds is 2. The van der Waals surface area contributed by atoms with E-state index in [1.165, 1.54) is 0 Å². The standard InChI is InChI=1S/C10H8BrCl2N3/c11-10-15-8(4-14)9(16-10)5-1-2-6(12)7(13)3-5/h1-3H,4,14H2,(H,15,16). The molecule has 0 spiro atoms. The van der Waals surface area contributed by atoms with Crippen molar-refractivity contribution in [2.45, 2.75) is 6.54 Å². The molecule has 16 heavy (non-hydrogen) atoms. The van der Waals surface area contributed by atoms with Gasteiger partial charge in [0.1, 0.15) is 0 Å². The van der Waals surface area contributed by atoms with Crippen LogP contribution in [0.3, 0.4) is 0 Å². The molecule has 0 atom stereocenters. The fourth-order valence-electron chi connectivity index (χ4n) is 1.41. The Hall–Kier alpha value is -0.550. The van der Waals surface area contributed by atoms with E-state index in [1.807, 2.05) is 6.07 Å². The van der Waals surface area contributed by atoms with E-state index in [0.29, 0.717) is 21.3 Å². The summed E-state index contributed by atoms with van der Waals surface area (Å²) in [5, 5.41) is 1.02. The van der Waals surface area contributed by atoms with Crippen molar-refractivity contribution in [2.75, 3.05) is 0 Å². The van der Waals surface area contributed by atoms with E-state index in [0.717, 1.165) is 17.0 Å². The first-order chi connectivity index (χ1) is 7.61. The van der Waals surface area contributed by atoms with Crippen LogP contribution in [-0.2, 0) is 6.54 Å². The molecule has 0 radical (unpaired) electrons. The quantitative estimate of drug-likeness (QED) is 0.888. The molecule has 84 valence electrons. The lowest BCUT2D eigenvalue weighted by molar-refractivity contribution is 1.01. The van der Waals surface area contributed by atoms with Crippen LogP contribution < -0.4 is 5.73 Å². The topological polar surface area (TPSA) is 54.7 Å². The molecule has 0 amide bonds. The predicted octanol–water partition coefficient (Wildman–Crippen LogP) is 3.60. The fourth-order valence-corrected chi connectivity index (χ4v) is 2.12. The highest BCUT2D eigenvalue weighted by Gasteiger charge is 2.11. The summed E-state index contributed by atoms with van der Waals surface area (Å²) in [5.74, 6) is 0. The zero-order chi connectivity index (χ0) is 11.7. The number of aromatic amines is 1. The molecule has 3 N–H and O–H groups in total. The van der Waals surface area contributed by atoms with Crippen molar-refractivity contribution in [1.29, 1.82) is 0 Å². The van der Waals surface area contributed by atoms with Gasteiger partial charge in [0.25, 0.3) is 0 Å². The Balaban J connectivity index is 2.53. The predicted molar refractivity (Wildman–Crippen MR) is 69.6 cm³/mol. The lowest BCUT2D eigenvalue weighted by Gasteiger charge is -2.02. The molecule has 3 nitrogen and oxygen atoms in total. The monoisotopic (exact) mass is 319 g/mol. The van der Waals surface area contributed by atoms with Crippen molar-refractivity contribution in [2.24, 2.45) is 5.73 Å². The summed E-state index contributed by atoms with van der Waals surface area (Å²) >= 11 is 15.1. The van der Waals surface area contributed by atoms with Crippen molar-refractivity contribution < 1.29 is 0 Å². The average Bonchev–Trinajstić information content (AvgIpc) is 2.63. The number of nitrogens with zero attached hydrogens (tertiary/aromatic N) is 1. The van der Waals surface area contributed by atoms with E-state index >= 15 is 0 Å². The molecule has 0 bridgehead atoms. The maximum Gasteiger partial charge on any atom is 0.175 e. The van der Waals surface area contributed by atoms with Crippen molar-refractivity contribution >= 4 is 39.1 Å². The Morgan fingerprint density at radius 1 is 1.31 bits per heavy atom. The number of H-pyrrole nitrogens is 1. The Morgan fingerprint density at radius 3 is 2.69 bits per heavy atom. The summed E-state index contributed by atoms with van der Waals surface area (Å²) in [6.07, 6.45) is 0. The summed E-state index contributed by atoms with van der Waals surface area (Å²) in [5.41, 5.74) is 8.14. The minimum absolute atomic E-state index is 0.383. The van der Waals surface area contributed by atoms with Crippen molar-refractivity contribution in [3.63, 3.8) is 0 Å². The molecule has 2 aromatic rings. The summed E-state index contributed by atoms with van der Waals surface area (Å²) in [6, 6.07) is 5.36. The number of nitrogens with two attached hydrogens (primary N) is 1. The molecule has 0 aliphatic heterocycles. The van der Waals surface area contributed by atoms with Gasteiger partial charge in [0.15, 0.2) is 4.73 Å². The van der Waals surface area contributed by atoms with Gasteiger partial charge in [0, 0.05) is 12.1 Å². The molecule has 0 unspecified atom stereocenters. The SMILES string of the molecule is NCc1[nH]c(Br)nc1-c1ccc(Cl)c(Cl)c1. The van der Waals surface area contributed by atoms with Gasteiger partial charge in [-0.1, -0.05) is 29.3 Å². The first-order valence-electron chi connectivity index (χ1n) is 4.51. The minimum atomic E-state index is 0.383. The van der Waals surface area contributed by atoms with E-state index in [4.69, 9.17) is 28.9 Å². The number of nitrogens with one attached hydrogen (secondary N) is 1. The van der Waals surface area contributed by atoms with Gasteiger partial charge in [-0.25, -0.2) is 4.98 Å². The molecule has 1 aromatic heterocycles. The van der Waals surface area contributed by atoms with Gasteiger partial charge in [0.05, 0.1) is 21.4 Å². The Bertz CT molecular complexity index is 525. The molecule has 1 heterocycles. The minimum Gasteiger partial charge on any atom is -0.335 e. The van der Waals surface area contributed by atoms with E-state index in [1.54, 1.807) is 12.1 Å². The van der Waals surface area contributed by atoms with Crippen LogP contribution in [0.15, 0.2) is 22.9 Å². The van der Waals surface area contributed by atoms with Crippen molar-refractivity contribution in [3.05, 3.63) is 38.7 Å². The summed E-state index contributed by atoms with van der Waals surface area (Å²) < 4.78 is 0.647. The molecule has 0 aliphatic rings. The van der Waals surface area contributed by atoms with Crippen LogP contribution >= 0.6 is 39.1 Å². The number of aromatic nitrogens is 2. The highest BCUT2D eigenvalue weighted by molar-refractivity contribution is 9.10. The van der Waals surface area contributed by atoms with Gasteiger partial charge < -0.3 is 10.7 Å². The Labute approximate surface area is 111 Å². The van der Waals surface area contributed by atoms with Gasteiger partial charge in [-0.15, -0.1) is 0 Å². The van der Waals surface area contributed by atoms with Crippen LogP contribution in [0.2, 0.25) is 10.0 Å². The lowest BCUT2D eigenvalue weighted by Crippen LogP contribution is -1.98. The summed E-state index contributed by atoms with van der Waals surface area (Å²) in [7, 11) is 0. The number of benzene rings is 1. The normalized spacial score (nSPS) is 10.8. The van der Waals surface area contributed by atoms with Crippen LogP contribution in [-0.4, -0.2) is 9.97 Å². The second kappa shape index (κ2) is 4.75. The highest BCUT2D eigenvalue weighted by atomic mass is 79.9. The van der Waals surface area contributed by atoms with E-state index in [-0.39, 0.29) is 0 Å². The van der Waals surface area contributed by atoms with Crippen LogP contribution in [0.25, 0.3) is 11.3 Å². The average molecular weight is 321 g/mol. The molecular formula is C10H8BrCl2N3. The molecule has 0 saturated heterocycles.